The molecule has 10 unspecified atom stereocenters. The van der Waals surface area contributed by atoms with Crippen LogP contribution in [-0.4, -0.2) is 59.8 Å². The Hall–Kier alpha value is -1.32. The number of hydrogen-bond acceptors (Lipinski definition) is 8. The number of carbonyl (C=O) groups is 2. The summed E-state index contributed by atoms with van der Waals surface area (Å²) in [5.74, 6) is -1.63. The normalized spacial score (nSPS) is 31.5. The van der Waals surface area contributed by atoms with Gasteiger partial charge >= 0.3 is 49.8 Å². The van der Waals surface area contributed by atoms with Crippen LogP contribution in [0.5, 0.6) is 0 Å². The first-order valence-electron chi connectivity index (χ1n) is 17.7. The Morgan fingerprint density at radius 1 is 0.673 bits per heavy atom. The van der Waals surface area contributed by atoms with E-state index in [0.717, 1.165) is 49.7 Å². The Morgan fingerprint density at radius 2 is 1.04 bits per heavy atom. The summed E-state index contributed by atoms with van der Waals surface area (Å²) in [6.45, 7) is 5.34. The van der Waals surface area contributed by atoms with Crippen LogP contribution in [0.25, 0.3) is 0 Å². The molecule has 0 amide bonds. The fraction of sp³-hybridized carbons (Fsp3) is 0.632. The molecule has 0 aromatic heterocycles. The van der Waals surface area contributed by atoms with Gasteiger partial charge in [-0.15, -0.1) is 0 Å². The number of ether oxygens (including phenoxy) is 4. The van der Waals surface area contributed by atoms with Gasteiger partial charge in [0.25, 0.3) is 0 Å². The molecule has 3 aliphatic carbocycles. The monoisotopic (exact) mass is 796 g/mol. The summed E-state index contributed by atoms with van der Waals surface area (Å²) in [4.78, 5) is 26.0. The van der Waals surface area contributed by atoms with E-state index in [2.05, 4.69) is 13.8 Å². The van der Waals surface area contributed by atoms with Crippen LogP contribution in [0.3, 0.4) is 0 Å². The van der Waals surface area contributed by atoms with Crippen LogP contribution in [0, 0.1) is 35.5 Å². The second kappa shape index (κ2) is 21.3. The van der Waals surface area contributed by atoms with Crippen LogP contribution in [0.15, 0.2) is 60.7 Å². The van der Waals surface area contributed by atoms with Crippen molar-refractivity contribution in [3.63, 3.8) is 0 Å². The van der Waals surface area contributed by atoms with E-state index in [-0.39, 0.29) is 61.0 Å². The predicted molar refractivity (Wildman–Crippen MR) is 185 cm³/mol. The second-order valence-corrected chi connectivity index (χ2v) is 17.9. The van der Waals surface area contributed by atoms with Crippen LogP contribution in [-0.2, 0) is 62.6 Å². The molecule has 2 N–H and O–H groups in total. The Kier molecular flexibility index (Phi) is 17.6. The predicted octanol–water partition coefficient (Wildman–Crippen LogP) is 7.24. The molecule has 0 radical (unpaired) electrons. The first kappa shape index (κ1) is 40.5. The SMILES string of the molecule is CC1CC(COC2CCCCC2OCC2CC(C)CC(C(=O)OCc3ccccc3)C2O)C(O)C(C(=O)OCc2ccccc2)C1.[Cl][Zr][Cl]. The number of esters is 2. The van der Waals surface area contributed by atoms with Crippen LogP contribution in [0.2, 0.25) is 0 Å². The molecule has 0 bridgehead atoms. The quantitative estimate of drug-likeness (QED) is 0.217. The average molecular weight is 799 g/mol. The van der Waals surface area contributed by atoms with E-state index in [9.17, 15) is 19.8 Å². The fourth-order valence-corrected chi connectivity index (χ4v) is 7.72. The third-order valence-electron chi connectivity index (χ3n) is 10.3. The summed E-state index contributed by atoms with van der Waals surface area (Å²) in [6.07, 6.45) is 4.71. The van der Waals surface area contributed by atoms with Gasteiger partial charge < -0.3 is 29.2 Å². The van der Waals surface area contributed by atoms with E-state index >= 15 is 0 Å². The maximum absolute atomic E-state index is 13.0. The zero-order chi connectivity index (χ0) is 35.2. The van der Waals surface area contributed by atoms with Crippen molar-refractivity contribution in [2.24, 2.45) is 35.5 Å². The Bertz CT molecular complexity index is 1160. The average Bonchev–Trinajstić information content (AvgIpc) is 3.11. The van der Waals surface area contributed by atoms with Crippen LogP contribution in [0.1, 0.15) is 76.3 Å². The zero-order valence-corrected chi connectivity index (χ0v) is 32.6. The van der Waals surface area contributed by atoms with Gasteiger partial charge in [0.15, 0.2) is 0 Å². The number of benzene rings is 2. The number of aliphatic hydroxyl groups is 2. The Labute approximate surface area is 310 Å². The number of hydrogen-bond donors (Lipinski definition) is 2. The van der Waals surface area contributed by atoms with Gasteiger partial charge in [0.2, 0.25) is 0 Å². The Morgan fingerprint density at radius 3 is 1.41 bits per heavy atom. The summed E-state index contributed by atoms with van der Waals surface area (Å²) in [6, 6.07) is 19.2. The van der Waals surface area contributed by atoms with Crippen molar-refractivity contribution in [3.8, 4) is 0 Å². The van der Waals surface area contributed by atoms with Gasteiger partial charge in [-0.3, -0.25) is 9.59 Å². The third-order valence-corrected chi connectivity index (χ3v) is 10.3. The van der Waals surface area contributed by atoms with Crippen molar-refractivity contribution in [2.45, 2.75) is 103 Å². The molecule has 49 heavy (non-hydrogen) atoms. The molecule has 270 valence electrons. The van der Waals surface area contributed by atoms with Crippen molar-refractivity contribution in [2.75, 3.05) is 13.2 Å². The molecule has 0 spiro atoms. The molecule has 5 rings (SSSR count). The van der Waals surface area contributed by atoms with Crippen molar-refractivity contribution < 1.29 is 59.6 Å². The summed E-state index contributed by atoms with van der Waals surface area (Å²) in [7, 11) is 9.87. The molecule has 3 saturated carbocycles. The number of carbonyl (C=O) groups excluding carboxylic acids is 2. The topological polar surface area (TPSA) is 112 Å². The molecule has 11 heteroatoms. The molecule has 8 nitrogen and oxygen atoms in total. The van der Waals surface area contributed by atoms with E-state index in [4.69, 9.17) is 36.0 Å². The molecule has 3 fully saturated rings. The van der Waals surface area contributed by atoms with Crippen LogP contribution >= 0.6 is 17.0 Å². The minimum atomic E-state index is -0.826. The van der Waals surface area contributed by atoms with Gasteiger partial charge in [0.05, 0.1) is 49.5 Å². The molecule has 2 aromatic carbocycles. The summed E-state index contributed by atoms with van der Waals surface area (Å²) < 4.78 is 24.1. The van der Waals surface area contributed by atoms with E-state index in [1.807, 2.05) is 60.7 Å². The van der Waals surface area contributed by atoms with Crippen LogP contribution in [0.4, 0.5) is 0 Å². The standard InChI is InChI=1S/C38H52O8.2ClH.Zr/c1-25-17-29(35(39)31(19-25)37(41)45-21-27-11-5-3-6-12-27)23-43-33-15-9-10-16-34(33)44-24-30-18-26(2)20-32(36(30)40)38(42)46-22-28-13-7-4-8-14-28;;;/h3-8,11-14,25-26,29-36,39-40H,9-10,15-24H2,1-2H3;2*1H;/q;;;+2/p-2. The van der Waals surface area contributed by atoms with Gasteiger partial charge in [-0.2, -0.15) is 0 Å². The molecular formula is C38H52Cl2O8Zr. The van der Waals surface area contributed by atoms with Crippen LogP contribution < -0.4 is 0 Å². The van der Waals surface area contributed by atoms with E-state index in [1.165, 1.54) is 0 Å². The van der Waals surface area contributed by atoms with E-state index in [1.54, 1.807) is 0 Å². The van der Waals surface area contributed by atoms with Gasteiger partial charge in [-0.25, -0.2) is 0 Å². The molecule has 3 aliphatic rings. The van der Waals surface area contributed by atoms with Gasteiger partial charge in [-0.1, -0.05) is 87.4 Å². The van der Waals surface area contributed by atoms with Gasteiger partial charge in [0, 0.05) is 11.8 Å². The summed E-state index contributed by atoms with van der Waals surface area (Å²) in [5, 5.41) is 22.5. The molecule has 0 heterocycles. The maximum atomic E-state index is 13.0. The molecule has 0 aliphatic heterocycles. The van der Waals surface area contributed by atoms with Gasteiger partial charge in [-0.05, 0) is 61.5 Å². The Balaban J connectivity index is 0.00000174. The number of aliphatic hydroxyl groups excluding tert-OH is 2. The fourth-order valence-electron chi connectivity index (χ4n) is 7.72. The zero-order valence-electron chi connectivity index (χ0n) is 28.6. The van der Waals surface area contributed by atoms with Crippen molar-refractivity contribution in [1.82, 2.24) is 0 Å². The minimum absolute atomic E-state index is 0.119. The molecular weight excluding hydrogens is 747 g/mol. The second-order valence-electron chi connectivity index (χ2n) is 14.2. The molecule has 2 aromatic rings. The van der Waals surface area contributed by atoms with Crippen molar-refractivity contribution in [3.05, 3.63) is 71.8 Å². The first-order valence-corrected chi connectivity index (χ1v) is 24.0. The molecule has 10 atom stereocenters. The third kappa shape index (κ3) is 12.7. The number of halogens is 2. The van der Waals surface area contributed by atoms with Crippen molar-refractivity contribution in [1.29, 1.82) is 0 Å². The first-order chi connectivity index (χ1) is 23.7. The summed E-state index contributed by atoms with van der Waals surface area (Å²) in [5.41, 5.74) is 1.84. The van der Waals surface area contributed by atoms with Crippen molar-refractivity contribution >= 4 is 29.0 Å². The van der Waals surface area contributed by atoms with E-state index in [0.29, 0.717) is 26.1 Å². The summed E-state index contributed by atoms with van der Waals surface area (Å²) >= 11 is -0.826. The van der Waals surface area contributed by atoms with Gasteiger partial charge in [0.1, 0.15) is 13.2 Å². The molecule has 0 saturated heterocycles. The van der Waals surface area contributed by atoms with E-state index < -0.39 is 44.9 Å². The number of rotatable bonds is 12.